The molecule has 2 saturated heterocycles. The number of ether oxygens (including phenoxy) is 1. The van der Waals surface area contributed by atoms with E-state index in [4.69, 9.17) is 27.7 Å². The van der Waals surface area contributed by atoms with Gasteiger partial charge >= 0.3 is 0 Å². The number of pyridine rings is 6. The Labute approximate surface area is 579 Å². The van der Waals surface area contributed by atoms with Crippen molar-refractivity contribution in [1.82, 2.24) is 58.8 Å². The Morgan fingerprint density at radius 2 is 1.24 bits per heavy atom. The molecule has 0 saturated carbocycles. The second-order valence-electron chi connectivity index (χ2n) is 27.4. The van der Waals surface area contributed by atoms with Crippen molar-refractivity contribution in [3.8, 4) is 0 Å². The Balaban J connectivity index is 0.000000135. The molecule has 0 radical (unpaired) electrons. The number of imidazole rings is 2. The first-order valence-corrected chi connectivity index (χ1v) is 34.7. The smallest absolute Gasteiger partial charge is 0.231 e. The number of allylic oxidation sites excluding steroid dienone is 1. The summed E-state index contributed by atoms with van der Waals surface area (Å²) in [5.41, 5.74) is 37.3. The SMILES string of the molecule is C=C1Cc2c(cc(C)nc2N)N1Cc1ccc(NCCN2CCCC(CO)C2)nc1.CC(C)Cn1cnc2c(N)nc3ccccc3c21.CCOCc1nc2c(N)nc3ccccc3c2n1CC(C)(C)O.Cc1cc2c(c(N)n1)CC(=O)N2Cc1ccc(NCCN2CCCCC2)nc1. The molecule has 4 aliphatic heterocycles. The number of aromatic nitrogens is 10. The van der Waals surface area contributed by atoms with Crippen molar-refractivity contribution in [2.24, 2.45) is 11.8 Å². The maximum Gasteiger partial charge on any atom is 0.231 e. The summed E-state index contributed by atoms with van der Waals surface area (Å²) in [6.07, 6.45) is 13.0. The standard InChI is InChI=1S/C23H32N6O.C21H28N6O.C17H22N4O2.C14H16N4/c1-16-10-21-20(23(24)27-16)11-17(2)29(21)14-18-5-6-22(26-12-18)25-7-9-28-8-3-4-19(13-28)15-30;1-15-11-18-17(21(22)25-15)12-20(28)27(18)14-16-5-6-19(24-13-16)23-7-10-26-8-3-2-4-9-26;1-4-23-9-13-20-14-15(21(13)10-17(2,3)22)11-7-5-6-8-12(11)19-16(14)18;1-9(2)7-18-8-16-12-13(18)10-5-3-4-6-11(10)17-14(12)15/h5-6,10,12,19,30H,2-4,7-9,11,13-15H2,1H3,(H2,24,27)(H,25,26);5-6,11,13H,2-4,7-10,12,14H2,1H3,(H2,22,25)(H,23,24);5-8,22H,4,9-10H2,1-3H3,(H2,18,19);3-6,8-9H,7H2,1-2H3,(H2,15,17). The molecular weight excluding hydrogens is 1240 g/mol. The van der Waals surface area contributed by atoms with E-state index in [1.165, 1.54) is 38.8 Å². The molecule has 10 aromatic rings. The highest BCUT2D eigenvalue weighted by molar-refractivity contribution is 6.07. The predicted molar refractivity (Wildman–Crippen MR) is 398 cm³/mol. The number of para-hydroxylation sites is 2. The third kappa shape index (κ3) is 17.5. The van der Waals surface area contributed by atoms with Gasteiger partial charge in [-0.15, -0.1) is 0 Å². The number of fused-ring (bicyclic) bond motifs is 8. The molecule has 1 amide bonds. The summed E-state index contributed by atoms with van der Waals surface area (Å²) in [4.78, 5) is 57.0. The van der Waals surface area contributed by atoms with Crippen LogP contribution in [0.5, 0.6) is 0 Å². The molecule has 24 heteroatoms. The van der Waals surface area contributed by atoms with Crippen LogP contribution in [0.15, 0.2) is 116 Å². The van der Waals surface area contributed by atoms with E-state index in [1.54, 1.807) is 18.7 Å². The second kappa shape index (κ2) is 31.9. The van der Waals surface area contributed by atoms with E-state index in [0.29, 0.717) is 80.0 Å². The van der Waals surface area contributed by atoms with E-state index in [0.717, 1.165) is 172 Å². The second-order valence-corrected chi connectivity index (χ2v) is 27.4. The van der Waals surface area contributed by atoms with Gasteiger partial charge in [-0.25, -0.2) is 39.9 Å². The van der Waals surface area contributed by atoms with Crippen molar-refractivity contribution in [2.75, 3.05) is 109 Å². The van der Waals surface area contributed by atoms with Gasteiger partial charge in [-0.05, 0) is 139 Å². The molecule has 12 N–H and O–H groups in total. The molecule has 14 rings (SSSR count). The molecule has 0 aliphatic carbocycles. The minimum atomic E-state index is -0.881. The average Bonchev–Trinajstić information content (AvgIpc) is 1.66. The molecule has 0 spiro atoms. The number of aryl methyl sites for hydroxylation is 2. The van der Waals surface area contributed by atoms with E-state index < -0.39 is 5.60 Å². The molecule has 2 aromatic carbocycles. The van der Waals surface area contributed by atoms with Gasteiger partial charge < -0.3 is 77.3 Å². The predicted octanol–water partition coefficient (Wildman–Crippen LogP) is 10.2. The fourth-order valence-electron chi connectivity index (χ4n) is 13.6. The molecule has 522 valence electrons. The number of carbonyl (C=O) groups excluding carboxylic acids is 1. The summed E-state index contributed by atoms with van der Waals surface area (Å²) in [5.74, 6) is 5.51. The van der Waals surface area contributed by atoms with Crippen LogP contribution in [0.4, 0.5) is 46.3 Å². The lowest BCUT2D eigenvalue weighted by Crippen LogP contribution is -2.39. The van der Waals surface area contributed by atoms with Crippen LogP contribution in [0.3, 0.4) is 0 Å². The summed E-state index contributed by atoms with van der Waals surface area (Å²) in [6.45, 7) is 30.1. The summed E-state index contributed by atoms with van der Waals surface area (Å²) in [5, 5.41) is 28.6. The highest BCUT2D eigenvalue weighted by Crippen LogP contribution is 2.39. The number of nitrogens with zero attached hydrogens (tertiary/aromatic N) is 14. The molecule has 0 bridgehead atoms. The number of rotatable bonds is 20. The largest absolute Gasteiger partial charge is 0.396 e. The quantitative estimate of drug-likeness (QED) is 0.0352. The van der Waals surface area contributed by atoms with Gasteiger partial charge in [0, 0.05) is 117 Å². The normalized spacial score (nSPS) is 15.6. The van der Waals surface area contributed by atoms with Gasteiger partial charge in [0.25, 0.3) is 0 Å². The molecule has 12 heterocycles. The maximum absolute atomic E-state index is 12.5. The number of piperidine rings is 2. The van der Waals surface area contributed by atoms with Crippen molar-refractivity contribution in [2.45, 2.75) is 132 Å². The van der Waals surface area contributed by atoms with Crippen molar-refractivity contribution < 1.29 is 19.7 Å². The van der Waals surface area contributed by atoms with Crippen LogP contribution < -0.4 is 43.4 Å². The Morgan fingerprint density at radius 1 is 0.677 bits per heavy atom. The zero-order chi connectivity index (χ0) is 69.9. The third-order valence-corrected chi connectivity index (χ3v) is 18.3. The molecular formula is C75H98N20O4. The summed E-state index contributed by atoms with van der Waals surface area (Å²) in [7, 11) is 0. The van der Waals surface area contributed by atoms with E-state index in [-0.39, 0.29) is 5.91 Å². The number of anilines is 8. The number of hydrogen-bond donors (Lipinski definition) is 8. The first-order chi connectivity index (χ1) is 47.7. The van der Waals surface area contributed by atoms with Gasteiger partial charge in [-0.1, -0.05) is 75.4 Å². The fourth-order valence-corrected chi connectivity index (χ4v) is 13.6. The van der Waals surface area contributed by atoms with E-state index in [1.807, 2.05) is 111 Å². The van der Waals surface area contributed by atoms with Crippen LogP contribution in [0, 0.1) is 25.7 Å². The fraction of sp³-hybridized carbons (Fsp3) is 0.427. The maximum atomic E-state index is 12.5. The molecule has 24 nitrogen and oxygen atoms in total. The van der Waals surface area contributed by atoms with Crippen LogP contribution in [-0.4, -0.2) is 146 Å². The van der Waals surface area contributed by atoms with E-state index in [9.17, 15) is 15.0 Å². The molecule has 8 aromatic heterocycles. The number of benzene rings is 2. The Hall–Kier alpha value is -9.59. The van der Waals surface area contributed by atoms with E-state index >= 15 is 0 Å². The molecule has 2 fully saturated rings. The van der Waals surface area contributed by atoms with Gasteiger partial charge in [0.05, 0.1) is 64.9 Å². The van der Waals surface area contributed by atoms with Crippen molar-refractivity contribution in [1.29, 1.82) is 0 Å². The Bertz CT molecular complexity index is 4430. The number of nitrogen functional groups attached to an aromatic ring is 4. The number of aliphatic hydroxyl groups is 2. The summed E-state index contributed by atoms with van der Waals surface area (Å²) < 4.78 is 9.69. The molecule has 1 unspecified atom stereocenters. The van der Waals surface area contributed by atoms with Crippen molar-refractivity contribution in [3.63, 3.8) is 0 Å². The zero-order valence-corrected chi connectivity index (χ0v) is 58.5. The van der Waals surface area contributed by atoms with Gasteiger partial charge in [0.1, 0.15) is 46.7 Å². The number of nitrogens with two attached hydrogens (primary N) is 4. The molecule has 4 aliphatic rings. The van der Waals surface area contributed by atoms with E-state index in [2.05, 4.69) is 108 Å². The highest BCUT2D eigenvalue weighted by Gasteiger charge is 2.31. The van der Waals surface area contributed by atoms with Crippen LogP contribution in [0.2, 0.25) is 0 Å². The number of nitrogens with one attached hydrogen (secondary N) is 2. The lowest BCUT2D eigenvalue weighted by molar-refractivity contribution is -0.117. The average molecular weight is 1340 g/mol. The van der Waals surface area contributed by atoms with Gasteiger partial charge in [0.15, 0.2) is 11.6 Å². The van der Waals surface area contributed by atoms with Crippen molar-refractivity contribution in [3.05, 3.63) is 155 Å². The number of aliphatic hydroxyl groups excluding tert-OH is 1. The zero-order valence-electron chi connectivity index (χ0n) is 58.5. The summed E-state index contributed by atoms with van der Waals surface area (Å²) >= 11 is 0. The Kier molecular flexibility index (Phi) is 22.8. The number of carbonyl (C=O) groups is 1. The third-order valence-electron chi connectivity index (χ3n) is 18.3. The molecule has 1 atom stereocenters. The van der Waals surface area contributed by atoms with Gasteiger partial charge in [-0.2, -0.15) is 0 Å². The Morgan fingerprint density at radius 3 is 1.83 bits per heavy atom. The summed E-state index contributed by atoms with van der Waals surface area (Å²) in [6, 6.07) is 28.0. The minimum absolute atomic E-state index is 0.0535. The lowest BCUT2D eigenvalue weighted by Gasteiger charge is -2.31. The van der Waals surface area contributed by atoms with Crippen LogP contribution in [-0.2, 0) is 55.2 Å². The van der Waals surface area contributed by atoms with Crippen LogP contribution in [0.25, 0.3) is 43.9 Å². The van der Waals surface area contributed by atoms with Gasteiger partial charge in [0.2, 0.25) is 5.91 Å². The van der Waals surface area contributed by atoms with Crippen LogP contribution in [0.1, 0.15) is 106 Å². The first kappa shape index (κ1) is 70.7. The number of amides is 1. The monoisotopic (exact) mass is 1340 g/mol. The van der Waals surface area contributed by atoms with Crippen molar-refractivity contribution >= 4 is 96.1 Å². The minimum Gasteiger partial charge on any atom is -0.396 e. The number of hydrogen-bond acceptors (Lipinski definition) is 21. The first-order valence-electron chi connectivity index (χ1n) is 34.7. The van der Waals surface area contributed by atoms with Crippen LogP contribution >= 0.6 is 0 Å². The van der Waals surface area contributed by atoms with Gasteiger partial charge in [-0.3, -0.25) is 4.79 Å². The molecule has 99 heavy (non-hydrogen) atoms. The highest BCUT2D eigenvalue weighted by atomic mass is 16.5. The lowest BCUT2D eigenvalue weighted by atomic mass is 9.99. The number of likely N-dealkylation sites (tertiary alicyclic amines) is 2. The topological polar surface area (TPSA) is 321 Å².